The Morgan fingerprint density at radius 2 is 1.59 bits per heavy atom. The van der Waals surface area contributed by atoms with Gasteiger partial charge in [0.2, 0.25) is 15.9 Å². The number of hydrogen-bond acceptors (Lipinski definition) is 6. The Balaban J connectivity index is 1.49. The molecule has 0 aliphatic carbocycles. The highest BCUT2D eigenvalue weighted by Crippen LogP contribution is 2.32. The topological polar surface area (TPSA) is 123 Å². The van der Waals surface area contributed by atoms with E-state index < -0.39 is 15.4 Å². The van der Waals surface area contributed by atoms with Crippen molar-refractivity contribution < 1.29 is 27.5 Å². The van der Waals surface area contributed by atoms with Crippen molar-refractivity contribution in [3.8, 4) is 11.5 Å². The average molecular weight is 462 g/mol. The number of carbonyl (C=O) groups excluding carboxylic acids is 2. The van der Waals surface area contributed by atoms with Gasteiger partial charge in [-0.25, -0.2) is 13.1 Å². The minimum Gasteiger partial charge on any atom is -0.486 e. The zero-order chi connectivity index (χ0) is 23.4. The SMILES string of the molecule is CC(C)(C)C(=O)Nc1ccc(C(=O)NCCNS(=O)(=O)c2ccc3c(c2)OCCO3)cc1. The van der Waals surface area contributed by atoms with Crippen LogP contribution in [0.25, 0.3) is 0 Å². The summed E-state index contributed by atoms with van der Waals surface area (Å²) in [6, 6.07) is 10.9. The molecule has 1 aliphatic rings. The standard InChI is InChI=1S/C22H27N3O6S/c1-22(2,3)21(27)25-16-6-4-15(5-7-16)20(26)23-10-11-24-32(28,29)17-8-9-18-19(14-17)31-13-12-30-18/h4-9,14,24H,10-13H2,1-3H3,(H,23,26)(H,25,27). The lowest BCUT2D eigenvalue weighted by atomic mass is 9.95. The number of benzene rings is 2. The molecule has 2 amide bonds. The number of amides is 2. The first-order chi connectivity index (χ1) is 15.1. The predicted molar refractivity (Wildman–Crippen MR) is 119 cm³/mol. The van der Waals surface area contributed by atoms with Crippen LogP contribution in [0.3, 0.4) is 0 Å². The zero-order valence-electron chi connectivity index (χ0n) is 18.2. The Kier molecular flexibility index (Phi) is 7.05. The van der Waals surface area contributed by atoms with Crippen molar-refractivity contribution >= 4 is 27.5 Å². The Bertz CT molecular complexity index is 1090. The van der Waals surface area contributed by atoms with Gasteiger partial charge in [0.25, 0.3) is 5.91 Å². The van der Waals surface area contributed by atoms with E-state index in [4.69, 9.17) is 9.47 Å². The number of sulfonamides is 1. The maximum atomic E-state index is 12.5. The lowest BCUT2D eigenvalue weighted by Crippen LogP contribution is -2.34. The fraction of sp³-hybridized carbons (Fsp3) is 0.364. The molecule has 2 aromatic rings. The molecule has 9 nitrogen and oxygen atoms in total. The van der Waals surface area contributed by atoms with Crippen molar-refractivity contribution in [3.63, 3.8) is 0 Å². The number of carbonyl (C=O) groups is 2. The largest absolute Gasteiger partial charge is 0.486 e. The second kappa shape index (κ2) is 9.58. The van der Waals surface area contributed by atoms with Gasteiger partial charge in [-0.05, 0) is 36.4 Å². The van der Waals surface area contributed by atoms with E-state index in [0.29, 0.717) is 36.0 Å². The molecule has 0 atom stereocenters. The molecule has 0 unspecified atom stereocenters. The molecule has 3 rings (SSSR count). The summed E-state index contributed by atoms with van der Waals surface area (Å²) in [4.78, 5) is 24.4. The molecule has 10 heteroatoms. The van der Waals surface area contributed by atoms with Crippen LogP contribution in [-0.4, -0.2) is 46.5 Å². The fourth-order valence-corrected chi connectivity index (χ4v) is 3.81. The summed E-state index contributed by atoms with van der Waals surface area (Å²) in [6.07, 6.45) is 0. The van der Waals surface area contributed by atoms with Crippen LogP contribution in [0, 0.1) is 5.41 Å². The molecule has 1 aliphatic heterocycles. The summed E-state index contributed by atoms with van der Waals surface area (Å²) in [6.45, 7) is 6.34. The van der Waals surface area contributed by atoms with Crippen LogP contribution in [0.15, 0.2) is 47.4 Å². The van der Waals surface area contributed by atoms with Gasteiger partial charge in [0.05, 0.1) is 4.90 Å². The number of hydrogen-bond donors (Lipinski definition) is 3. The molecule has 0 aromatic heterocycles. The summed E-state index contributed by atoms with van der Waals surface area (Å²) in [5, 5.41) is 5.45. The van der Waals surface area contributed by atoms with Crippen molar-refractivity contribution in [2.45, 2.75) is 25.7 Å². The van der Waals surface area contributed by atoms with Gasteiger partial charge in [-0.15, -0.1) is 0 Å². The molecule has 0 saturated heterocycles. The third-order valence-electron chi connectivity index (χ3n) is 4.61. The van der Waals surface area contributed by atoms with E-state index in [2.05, 4.69) is 15.4 Å². The van der Waals surface area contributed by atoms with Crippen molar-refractivity contribution in [1.29, 1.82) is 0 Å². The predicted octanol–water partition coefficient (Wildman–Crippen LogP) is 2.15. The molecule has 0 radical (unpaired) electrons. The monoisotopic (exact) mass is 461 g/mol. The Morgan fingerprint density at radius 1 is 0.938 bits per heavy atom. The van der Waals surface area contributed by atoms with Crippen molar-refractivity contribution in [3.05, 3.63) is 48.0 Å². The molecule has 0 saturated carbocycles. The van der Waals surface area contributed by atoms with Gasteiger partial charge in [0.15, 0.2) is 11.5 Å². The van der Waals surface area contributed by atoms with Gasteiger partial charge in [-0.3, -0.25) is 9.59 Å². The highest BCUT2D eigenvalue weighted by molar-refractivity contribution is 7.89. The lowest BCUT2D eigenvalue weighted by molar-refractivity contribution is -0.123. The molecule has 0 bridgehead atoms. The van der Waals surface area contributed by atoms with E-state index in [-0.39, 0.29) is 29.8 Å². The smallest absolute Gasteiger partial charge is 0.251 e. The van der Waals surface area contributed by atoms with Crippen LogP contribution >= 0.6 is 0 Å². The quantitative estimate of drug-likeness (QED) is 0.543. The van der Waals surface area contributed by atoms with E-state index >= 15 is 0 Å². The number of nitrogens with one attached hydrogen (secondary N) is 3. The van der Waals surface area contributed by atoms with E-state index in [1.54, 1.807) is 30.3 Å². The van der Waals surface area contributed by atoms with E-state index in [1.807, 2.05) is 20.8 Å². The maximum Gasteiger partial charge on any atom is 0.251 e. The molecule has 1 heterocycles. The van der Waals surface area contributed by atoms with Gasteiger partial charge in [-0.1, -0.05) is 20.8 Å². The summed E-state index contributed by atoms with van der Waals surface area (Å²) in [7, 11) is -3.76. The number of anilines is 1. The summed E-state index contributed by atoms with van der Waals surface area (Å²) >= 11 is 0. The van der Waals surface area contributed by atoms with Crippen LogP contribution in [0.1, 0.15) is 31.1 Å². The minimum absolute atomic E-state index is 0.0161. The highest BCUT2D eigenvalue weighted by Gasteiger charge is 2.21. The second-order valence-corrected chi connectivity index (χ2v) is 10.0. The third-order valence-corrected chi connectivity index (χ3v) is 6.07. The molecular formula is C22H27N3O6S. The van der Waals surface area contributed by atoms with E-state index in [1.165, 1.54) is 12.1 Å². The Hall–Kier alpha value is -3.11. The van der Waals surface area contributed by atoms with E-state index in [0.717, 1.165) is 0 Å². The van der Waals surface area contributed by atoms with Gasteiger partial charge in [0, 0.05) is 35.8 Å². The summed E-state index contributed by atoms with van der Waals surface area (Å²) < 4.78 is 38.2. The zero-order valence-corrected chi connectivity index (χ0v) is 19.0. The Labute approximate surface area is 187 Å². The fourth-order valence-electron chi connectivity index (χ4n) is 2.76. The molecular weight excluding hydrogens is 434 g/mol. The van der Waals surface area contributed by atoms with Crippen LogP contribution in [0.5, 0.6) is 11.5 Å². The molecule has 0 fully saturated rings. The van der Waals surface area contributed by atoms with Crippen molar-refractivity contribution in [2.75, 3.05) is 31.6 Å². The lowest BCUT2D eigenvalue weighted by Gasteiger charge is -2.19. The first-order valence-electron chi connectivity index (χ1n) is 10.2. The summed E-state index contributed by atoms with van der Waals surface area (Å²) in [5.74, 6) is 0.415. The number of fused-ring (bicyclic) bond motifs is 1. The minimum atomic E-state index is -3.76. The second-order valence-electron chi connectivity index (χ2n) is 8.24. The van der Waals surface area contributed by atoms with Crippen molar-refractivity contribution in [1.82, 2.24) is 10.0 Å². The number of rotatable bonds is 7. The number of ether oxygens (including phenoxy) is 2. The molecule has 172 valence electrons. The normalized spacial score (nSPS) is 13.3. The first-order valence-corrected chi connectivity index (χ1v) is 11.6. The molecule has 2 aromatic carbocycles. The molecule has 0 spiro atoms. The van der Waals surface area contributed by atoms with Crippen LogP contribution < -0.4 is 24.8 Å². The Morgan fingerprint density at radius 3 is 2.25 bits per heavy atom. The highest BCUT2D eigenvalue weighted by atomic mass is 32.2. The first kappa shape index (κ1) is 23.6. The van der Waals surface area contributed by atoms with Crippen LogP contribution in [0.2, 0.25) is 0 Å². The third kappa shape index (κ3) is 5.98. The molecule has 32 heavy (non-hydrogen) atoms. The van der Waals surface area contributed by atoms with Crippen molar-refractivity contribution in [2.24, 2.45) is 5.41 Å². The van der Waals surface area contributed by atoms with Gasteiger partial charge >= 0.3 is 0 Å². The maximum absolute atomic E-state index is 12.5. The van der Waals surface area contributed by atoms with Gasteiger partial charge in [0.1, 0.15) is 13.2 Å². The summed E-state index contributed by atoms with van der Waals surface area (Å²) in [5.41, 5.74) is 0.464. The average Bonchev–Trinajstić information content (AvgIpc) is 2.76. The van der Waals surface area contributed by atoms with Crippen LogP contribution in [-0.2, 0) is 14.8 Å². The van der Waals surface area contributed by atoms with E-state index in [9.17, 15) is 18.0 Å². The molecule has 3 N–H and O–H groups in total. The van der Waals surface area contributed by atoms with Gasteiger partial charge < -0.3 is 20.1 Å². The van der Waals surface area contributed by atoms with Crippen LogP contribution in [0.4, 0.5) is 5.69 Å². The van der Waals surface area contributed by atoms with Gasteiger partial charge in [-0.2, -0.15) is 0 Å².